The van der Waals surface area contributed by atoms with Gasteiger partial charge in [0.1, 0.15) is 0 Å². The first-order valence-electron chi connectivity index (χ1n) is 7.33. The molecule has 2 nitrogen and oxygen atoms in total. The Hall–Kier alpha value is -0.380. The molecule has 1 unspecified atom stereocenters. The molecule has 1 aromatic carbocycles. The zero-order chi connectivity index (χ0) is 13.5. The molecule has 1 atom stereocenters. The number of rotatable bonds is 7. The first-order valence-corrected chi connectivity index (χ1v) is 8.13. The molecule has 3 heteroatoms. The largest absolute Gasteiger partial charge is 0.377 e. The van der Waals surface area contributed by atoms with Gasteiger partial charge in [0.2, 0.25) is 0 Å². The van der Waals surface area contributed by atoms with Crippen molar-refractivity contribution in [3.63, 3.8) is 0 Å². The van der Waals surface area contributed by atoms with E-state index >= 15 is 0 Å². The van der Waals surface area contributed by atoms with Gasteiger partial charge < -0.3 is 10.1 Å². The second kappa shape index (κ2) is 8.03. The molecule has 0 aliphatic heterocycles. The zero-order valence-electron chi connectivity index (χ0n) is 11.7. The second-order valence-corrected chi connectivity index (χ2v) is 6.38. The molecule has 1 aromatic rings. The highest BCUT2D eigenvalue weighted by Crippen LogP contribution is 2.20. The van der Waals surface area contributed by atoms with Crippen LogP contribution in [0.3, 0.4) is 0 Å². The number of halogens is 1. The van der Waals surface area contributed by atoms with Crippen molar-refractivity contribution in [3.8, 4) is 0 Å². The Labute approximate surface area is 125 Å². The average Bonchev–Trinajstić information content (AvgIpc) is 2.91. The van der Waals surface area contributed by atoms with Gasteiger partial charge >= 0.3 is 0 Å². The Balaban J connectivity index is 1.58. The van der Waals surface area contributed by atoms with Crippen LogP contribution in [0.1, 0.15) is 38.2 Å². The van der Waals surface area contributed by atoms with Crippen LogP contribution in [0, 0.1) is 0 Å². The number of hydrogen-bond acceptors (Lipinski definition) is 2. The third kappa shape index (κ3) is 5.64. The predicted octanol–water partition coefficient (Wildman–Crippen LogP) is 3.93. The highest BCUT2D eigenvalue weighted by Gasteiger charge is 2.14. The minimum atomic E-state index is 0.494. The summed E-state index contributed by atoms with van der Waals surface area (Å²) < 4.78 is 6.99. The van der Waals surface area contributed by atoms with Crippen molar-refractivity contribution in [2.45, 2.75) is 51.2 Å². The molecule has 19 heavy (non-hydrogen) atoms. The second-order valence-electron chi connectivity index (χ2n) is 5.46. The number of benzene rings is 1. The molecule has 0 bridgehead atoms. The first kappa shape index (κ1) is 15.0. The summed E-state index contributed by atoms with van der Waals surface area (Å²) in [6, 6.07) is 9.05. The minimum absolute atomic E-state index is 0.494. The van der Waals surface area contributed by atoms with Crippen LogP contribution in [-0.4, -0.2) is 25.3 Å². The fourth-order valence-electron chi connectivity index (χ4n) is 2.63. The minimum Gasteiger partial charge on any atom is -0.377 e. The Kier molecular flexibility index (Phi) is 6.35. The van der Waals surface area contributed by atoms with Crippen LogP contribution in [-0.2, 0) is 11.2 Å². The molecule has 1 N–H and O–H groups in total. The molecule has 0 radical (unpaired) electrons. The number of hydrogen-bond donors (Lipinski definition) is 1. The lowest BCUT2D eigenvalue weighted by Gasteiger charge is -2.16. The highest BCUT2D eigenvalue weighted by atomic mass is 79.9. The molecule has 0 saturated heterocycles. The summed E-state index contributed by atoms with van der Waals surface area (Å²) in [5.74, 6) is 0. The predicted molar refractivity (Wildman–Crippen MR) is 83.5 cm³/mol. The third-order valence-electron chi connectivity index (χ3n) is 3.71. The molecule has 1 aliphatic carbocycles. The molecular formula is C16H24BrNO. The van der Waals surface area contributed by atoms with Gasteiger partial charge in [0.05, 0.1) is 12.7 Å². The molecule has 106 valence electrons. The summed E-state index contributed by atoms with van der Waals surface area (Å²) in [5, 5.41) is 3.53. The molecule has 0 heterocycles. The lowest BCUT2D eigenvalue weighted by Crippen LogP contribution is -2.31. The van der Waals surface area contributed by atoms with Gasteiger partial charge in [0, 0.05) is 17.1 Å². The zero-order valence-corrected chi connectivity index (χ0v) is 13.3. The summed E-state index contributed by atoms with van der Waals surface area (Å²) in [6.45, 7) is 4.03. The Bertz CT molecular complexity index is 360. The fourth-order valence-corrected chi connectivity index (χ4v) is 2.90. The molecule has 2 rings (SSSR count). The van der Waals surface area contributed by atoms with Gasteiger partial charge in [0.25, 0.3) is 0 Å². The van der Waals surface area contributed by atoms with Crippen molar-refractivity contribution in [1.29, 1.82) is 0 Å². The maximum Gasteiger partial charge on any atom is 0.0594 e. The molecule has 1 saturated carbocycles. The van der Waals surface area contributed by atoms with Crippen LogP contribution < -0.4 is 5.32 Å². The first-order chi connectivity index (χ1) is 9.24. The van der Waals surface area contributed by atoms with Crippen LogP contribution >= 0.6 is 15.9 Å². The monoisotopic (exact) mass is 325 g/mol. The Morgan fingerprint density at radius 3 is 2.63 bits per heavy atom. The van der Waals surface area contributed by atoms with E-state index in [-0.39, 0.29) is 0 Å². The Morgan fingerprint density at radius 2 is 1.95 bits per heavy atom. The Morgan fingerprint density at radius 1 is 1.26 bits per heavy atom. The van der Waals surface area contributed by atoms with E-state index in [4.69, 9.17) is 4.74 Å². The van der Waals surface area contributed by atoms with Gasteiger partial charge in [-0.1, -0.05) is 40.9 Å². The van der Waals surface area contributed by atoms with E-state index in [9.17, 15) is 0 Å². The quantitative estimate of drug-likeness (QED) is 0.767. The summed E-state index contributed by atoms with van der Waals surface area (Å²) in [5.41, 5.74) is 1.37. The van der Waals surface area contributed by atoms with E-state index in [1.165, 1.54) is 31.2 Å². The molecule has 0 amide bonds. The van der Waals surface area contributed by atoms with Crippen molar-refractivity contribution in [2.75, 3.05) is 13.2 Å². The topological polar surface area (TPSA) is 21.3 Å². The van der Waals surface area contributed by atoms with Crippen molar-refractivity contribution in [3.05, 3.63) is 34.3 Å². The van der Waals surface area contributed by atoms with Gasteiger partial charge in [-0.3, -0.25) is 0 Å². The van der Waals surface area contributed by atoms with Gasteiger partial charge in [-0.2, -0.15) is 0 Å². The lowest BCUT2D eigenvalue weighted by molar-refractivity contribution is 0.0593. The van der Waals surface area contributed by atoms with Crippen LogP contribution in [0.4, 0.5) is 0 Å². The summed E-state index contributed by atoms with van der Waals surface area (Å²) >= 11 is 3.46. The van der Waals surface area contributed by atoms with Crippen molar-refractivity contribution in [2.24, 2.45) is 0 Å². The average molecular weight is 326 g/mol. The fraction of sp³-hybridized carbons (Fsp3) is 0.625. The van der Waals surface area contributed by atoms with E-state index < -0.39 is 0 Å². The van der Waals surface area contributed by atoms with E-state index in [1.807, 2.05) is 0 Å². The van der Waals surface area contributed by atoms with Crippen molar-refractivity contribution in [1.82, 2.24) is 5.32 Å². The van der Waals surface area contributed by atoms with E-state index in [0.717, 1.165) is 24.0 Å². The highest BCUT2D eigenvalue weighted by molar-refractivity contribution is 9.10. The smallest absolute Gasteiger partial charge is 0.0594 e. The van der Waals surface area contributed by atoms with Gasteiger partial charge in [-0.25, -0.2) is 0 Å². The molecule has 0 spiro atoms. The maximum absolute atomic E-state index is 5.85. The SMILES string of the molecule is CC(Cc1ccc(Br)cc1)NCCOC1CCCC1. The van der Waals surface area contributed by atoms with Gasteiger partial charge in [-0.05, 0) is 43.9 Å². The van der Waals surface area contributed by atoms with Crippen LogP contribution in [0.25, 0.3) is 0 Å². The van der Waals surface area contributed by atoms with Crippen LogP contribution in [0.15, 0.2) is 28.7 Å². The summed E-state index contributed by atoms with van der Waals surface area (Å²) in [4.78, 5) is 0. The molecule has 1 fully saturated rings. The van der Waals surface area contributed by atoms with Gasteiger partial charge in [-0.15, -0.1) is 0 Å². The summed E-state index contributed by atoms with van der Waals surface area (Å²) in [6.07, 6.45) is 6.80. The standard InChI is InChI=1S/C16H24BrNO/c1-13(12-14-6-8-15(17)9-7-14)18-10-11-19-16-4-2-3-5-16/h6-9,13,16,18H,2-5,10-12H2,1H3. The number of nitrogens with one attached hydrogen (secondary N) is 1. The van der Waals surface area contributed by atoms with Crippen LogP contribution in [0.2, 0.25) is 0 Å². The van der Waals surface area contributed by atoms with E-state index in [0.29, 0.717) is 12.1 Å². The number of ether oxygens (including phenoxy) is 1. The lowest BCUT2D eigenvalue weighted by atomic mass is 10.1. The maximum atomic E-state index is 5.85. The van der Waals surface area contributed by atoms with Crippen molar-refractivity contribution < 1.29 is 4.74 Å². The molecule has 1 aliphatic rings. The van der Waals surface area contributed by atoms with E-state index in [2.05, 4.69) is 52.4 Å². The normalized spacial score (nSPS) is 17.8. The van der Waals surface area contributed by atoms with Gasteiger partial charge in [0.15, 0.2) is 0 Å². The summed E-state index contributed by atoms with van der Waals surface area (Å²) in [7, 11) is 0. The third-order valence-corrected chi connectivity index (χ3v) is 4.23. The molecular weight excluding hydrogens is 302 g/mol. The van der Waals surface area contributed by atoms with Crippen LogP contribution in [0.5, 0.6) is 0 Å². The van der Waals surface area contributed by atoms with Crippen molar-refractivity contribution >= 4 is 15.9 Å². The molecule has 0 aromatic heterocycles. The van der Waals surface area contributed by atoms with E-state index in [1.54, 1.807) is 0 Å².